The third kappa shape index (κ3) is 5.53. The number of nitrogens with one attached hydrogen (secondary N) is 1. The Kier molecular flexibility index (Phi) is 8.14. The summed E-state index contributed by atoms with van der Waals surface area (Å²) in [6.45, 7) is -1.28. The molecule has 0 aliphatic carbocycles. The highest BCUT2D eigenvalue weighted by atomic mass is 31.2. The molecular weight excluding hydrogens is 674 g/mol. The first-order chi connectivity index (χ1) is 22.4. The minimum Gasteiger partial charge on any atom is -0.387 e. The molecule has 10 atom stereocenters. The first-order valence-corrected chi connectivity index (χ1v) is 16.7. The van der Waals surface area contributed by atoms with Gasteiger partial charge in [-0.1, -0.05) is 0 Å². The lowest BCUT2D eigenvalue weighted by molar-refractivity contribution is -0.0690. The molecule has 7 N–H and O–H groups in total. The highest BCUT2D eigenvalue weighted by Gasteiger charge is 2.54. The van der Waals surface area contributed by atoms with E-state index >= 15 is 0 Å². The molecular formula is C22H28N10O13P2. The number of nitrogens with two attached hydrogens (primary N) is 2. The predicted octanol–water partition coefficient (Wildman–Crippen LogP) is -1.03. The van der Waals surface area contributed by atoms with Crippen LogP contribution < -0.4 is 17.0 Å². The first kappa shape index (κ1) is 32.1. The summed E-state index contributed by atoms with van der Waals surface area (Å²) >= 11 is 0. The van der Waals surface area contributed by atoms with E-state index in [1.807, 2.05) is 0 Å². The Bertz CT molecular complexity index is 1970. The molecule has 0 aromatic carbocycles. The van der Waals surface area contributed by atoms with E-state index < -0.39 is 83.5 Å². The van der Waals surface area contributed by atoms with Gasteiger partial charge in [0.2, 0.25) is 5.95 Å². The van der Waals surface area contributed by atoms with Crippen LogP contribution in [-0.2, 0) is 45.7 Å². The lowest BCUT2D eigenvalue weighted by Gasteiger charge is -2.27. The molecule has 23 nitrogen and oxygen atoms in total. The van der Waals surface area contributed by atoms with Crippen molar-refractivity contribution in [2.75, 3.05) is 38.9 Å². The molecule has 0 radical (unpaired) electrons. The molecule has 2 bridgehead atoms. The maximum Gasteiger partial charge on any atom is 0.475 e. The Balaban J connectivity index is 1.24. The average molecular weight is 702 g/mol. The van der Waals surface area contributed by atoms with Gasteiger partial charge in [-0.05, 0) is 0 Å². The number of nitrogens with zero attached hydrogens (tertiary/aromatic N) is 7. The summed E-state index contributed by atoms with van der Waals surface area (Å²) in [6.07, 6.45) is -7.88. The van der Waals surface area contributed by atoms with Crippen molar-refractivity contribution in [1.82, 2.24) is 39.0 Å². The third-order valence-electron chi connectivity index (χ3n) is 7.75. The Morgan fingerprint density at radius 2 is 1.47 bits per heavy atom. The summed E-state index contributed by atoms with van der Waals surface area (Å²) in [5, 5.41) is 22.6. The number of aromatic nitrogens is 8. The van der Waals surface area contributed by atoms with Gasteiger partial charge >= 0.3 is 15.6 Å². The number of ether oxygens (including phenoxy) is 2. The van der Waals surface area contributed by atoms with Gasteiger partial charge in [0.15, 0.2) is 35.1 Å². The second-order valence-electron chi connectivity index (χ2n) is 10.5. The van der Waals surface area contributed by atoms with E-state index in [0.717, 1.165) is 14.2 Å². The minimum atomic E-state index is -4.60. The van der Waals surface area contributed by atoms with E-state index in [-0.39, 0.29) is 34.1 Å². The number of aliphatic hydroxyl groups excluding tert-OH is 2. The van der Waals surface area contributed by atoms with Gasteiger partial charge in [0.05, 0.1) is 25.9 Å². The largest absolute Gasteiger partial charge is 0.475 e. The summed E-state index contributed by atoms with van der Waals surface area (Å²) in [5.41, 5.74) is 11.2. The van der Waals surface area contributed by atoms with Crippen LogP contribution in [0, 0.1) is 0 Å². The van der Waals surface area contributed by atoms with Crippen molar-refractivity contribution in [2.45, 2.75) is 49.1 Å². The molecule has 254 valence electrons. The number of imidazole rings is 2. The van der Waals surface area contributed by atoms with Gasteiger partial charge in [-0.2, -0.15) is 4.98 Å². The molecule has 3 fully saturated rings. The van der Waals surface area contributed by atoms with Crippen molar-refractivity contribution in [3.05, 3.63) is 29.3 Å². The van der Waals surface area contributed by atoms with E-state index in [0.29, 0.717) is 0 Å². The molecule has 0 amide bonds. The van der Waals surface area contributed by atoms with E-state index in [9.17, 15) is 24.1 Å². The van der Waals surface area contributed by atoms with Gasteiger partial charge in [0.25, 0.3) is 5.56 Å². The average Bonchev–Trinajstić information content (AvgIpc) is 3.81. The normalized spacial score (nSPS) is 36.6. The molecule has 4 unspecified atom stereocenters. The first-order valence-electron chi connectivity index (χ1n) is 13.7. The van der Waals surface area contributed by atoms with E-state index in [1.54, 1.807) is 0 Å². The molecule has 4 aromatic heterocycles. The molecule has 3 aliphatic rings. The second-order valence-corrected chi connectivity index (χ2v) is 13.9. The van der Waals surface area contributed by atoms with Crippen LogP contribution in [0.25, 0.3) is 22.3 Å². The van der Waals surface area contributed by atoms with Crippen molar-refractivity contribution in [3.63, 3.8) is 0 Å². The molecule has 47 heavy (non-hydrogen) atoms. The van der Waals surface area contributed by atoms with Crippen molar-refractivity contribution < 1.29 is 56.0 Å². The van der Waals surface area contributed by atoms with E-state index in [1.165, 1.54) is 28.1 Å². The number of aromatic amines is 1. The number of anilines is 2. The molecule has 25 heteroatoms. The molecule has 3 aliphatic heterocycles. The van der Waals surface area contributed by atoms with Gasteiger partial charge in [0, 0.05) is 14.2 Å². The molecule has 7 rings (SSSR count). The van der Waals surface area contributed by atoms with Crippen LogP contribution in [0.2, 0.25) is 0 Å². The van der Waals surface area contributed by atoms with Crippen molar-refractivity contribution >= 4 is 49.7 Å². The number of hydrogen-bond donors (Lipinski definition) is 5. The fourth-order valence-electron chi connectivity index (χ4n) is 5.47. The zero-order valence-electron chi connectivity index (χ0n) is 24.3. The highest BCUT2D eigenvalue weighted by Crippen LogP contribution is 2.57. The van der Waals surface area contributed by atoms with Gasteiger partial charge < -0.3 is 31.2 Å². The van der Waals surface area contributed by atoms with E-state index in [4.69, 9.17) is 48.1 Å². The number of fused-ring (bicyclic) bond motifs is 5. The van der Waals surface area contributed by atoms with Crippen LogP contribution in [0.1, 0.15) is 12.5 Å². The molecule has 7 heterocycles. The minimum absolute atomic E-state index is 0.0555. The number of aliphatic hydroxyl groups is 2. The number of phosphoric acid groups is 2. The quantitative estimate of drug-likeness (QED) is 0.159. The lowest BCUT2D eigenvalue weighted by Crippen LogP contribution is -2.36. The summed E-state index contributed by atoms with van der Waals surface area (Å²) in [6, 6.07) is 0. The lowest BCUT2D eigenvalue weighted by atomic mass is 10.1. The van der Waals surface area contributed by atoms with Crippen molar-refractivity contribution in [2.24, 2.45) is 0 Å². The van der Waals surface area contributed by atoms with Crippen LogP contribution >= 0.6 is 15.6 Å². The molecule has 3 saturated heterocycles. The smallest absolute Gasteiger partial charge is 0.387 e. The monoisotopic (exact) mass is 702 g/mol. The van der Waals surface area contributed by atoms with Gasteiger partial charge in [0.1, 0.15) is 48.5 Å². The fraction of sp³-hybridized carbons (Fsp3) is 0.545. The molecule has 4 aromatic rings. The number of rotatable bonds is 4. The Morgan fingerprint density at radius 3 is 2.17 bits per heavy atom. The Morgan fingerprint density at radius 1 is 0.851 bits per heavy atom. The van der Waals surface area contributed by atoms with Gasteiger partial charge in [-0.3, -0.25) is 46.1 Å². The Hall–Kier alpha value is -3.44. The van der Waals surface area contributed by atoms with Crippen LogP contribution in [0.4, 0.5) is 11.8 Å². The van der Waals surface area contributed by atoms with Crippen LogP contribution in [0.3, 0.4) is 0 Å². The summed E-state index contributed by atoms with van der Waals surface area (Å²) in [4.78, 5) is 35.0. The van der Waals surface area contributed by atoms with Crippen LogP contribution in [0.15, 0.2) is 23.8 Å². The standard InChI is InChI=1S/C22H28N10O13P2/c1-38-46(36)40-3-8-12(33)15(21(42-8)32-7-28-11-18(32)29-22(24)30-19(11)35)45-47(37,39-2)41-4-9-14(44-46)13(34)20(43-9)31-6-27-10-16(23)25-5-26-17(10)31/h5-9,12-15,20-21,33-34H,3-4H2,1-2H3,(H2,23,25,26)(H3,24,29,30,35)/t8-,9-,12?,13+,14?,15+,20-,21-,46?,47?/m1/s1. The summed E-state index contributed by atoms with van der Waals surface area (Å²) in [5.74, 6) is -0.163. The third-order valence-corrected chi connectivity index (χ3v) is 10.6. The second kappa shape index (κ2) is 11.9. The van der Waals surface area contributed by atoms with Crippen LogP contribution in [0.5, 0.6) is 0 Å². The maximum absolute atomic E-state index is 13.9. The number of nitrogen functional groups attached to an aromatic ring is 2. The maximum atomic E-state index is 13.9. The Labute approximate surface area is 262 Å². The van der Waals surface area contributed by atoms with Gasteiger partial charge in [-0.15, -0.1) is 0 Å². The number of hydrogen-bond acceptors (Lipinski definition) is 20. The summed E-state index contributed by atoms with van der Waals surface area (Å²) in [7, 11) is -7.07. The van der Waals surface area contributed by atoms with Crippen molar-refractivity contribution in [3.8, 4) is 0 Å². The topological polar surface area (TPSA) is 308 Å². The van der Waals surface area contributed by atoms with Gasteiger partial charge in [-0.25, -0.2) is 29.1 Å². The summed E-state index contributed by atoms with van der Waals surface area (Å²) < 4.78 is 74.9. The zero-order valence-corrected chi connectivity index (χ0v) is 26.1. The highest BCUT2D eigenvalue weighted by molar-refractivity contribution is 7.48. The predicted molar refractivity (Wildman–Crippen MR) is 153 cm³/mol. The number of H-pyrrole nitrogens is 1. The molecule has 0 saturated carbocycles. The SMILES string of the molecule is COP1(=O)OC[C@H]2O[C@@H](n3cnc4c(=O)[nH]c(N)nc43)[C@@H](OP(=O)(OC)OC[C@H]3O[C@@H](n4cnc5c(N)ncnc54)[C@@H](O)C3O1)C2O. The fourth-order valence-corrected chi connectivity index (χ4v) is 7.72. The molecule has 0 spiro atoms. The number of phosphoric ester groups is 2. The van der Waals surface area contributed by atoms with E-state index in [2.05, 4.69) is 29.9 Å². The zero-order chi connectivity index (χ0) is 33.2. The van der Waals surface area contributed by atoms with Crippen molar-refractivity contribution in [1.29, 1.82) is 0 Å². The van der Waals surface area contributed by atoms with Crippen LogP contribution in [-0.4, -0.2) is 113 Å².